The Morgan fingerprint density at radius 3 is 2.10 bits per heavy atom. The van der Waals surface area contributed by atoms with Crippen LogP contribution in [0.3, 0.4) is 0 Å². The van der Waals surface area contributed by atoms with Crippen molar-refractivity contribution in [1.82, 2.24) is 9.80 Å². The first-order chi connectivity index (χ1) is 10.2. The Bertz CT molecular complexity index is 468. The summed E-state index contributed by atoms with van der Waals surface area (Å²) in [6.45, 7) is 2.48. The highest BCUT2D eigenvalue weighted by Gasteiger charge is 2.22. The van der Waals surface area contributed by atoms with E-state index >= 15 is 0 Å². The van der Waals surface area contributed by atoms with E-state index in [9.17, 15) is 9.59 Å². The predicted molar refractivity (Wildman–Crippen MR) is 81.6 cm³/mol. The van der Waals surface area contributed by atoms with Crippen molar-refractivity contribution in [3.05, 3.63) is 35.9 Å². The molecule has 2 rings (SSSR count). The maximum atomic E-state index is 12.1. The maximum absolute atomic E-state index is 12.1. The molecule has 0 unspecified atom stereocenters. The van der Waals surface area contributed by atoms with Gasteiger partial charge in [0.05, 0.1) is 6.54 Å². The minimum atomic E-state index is -0.0359. The summed E-state index contributed by atoms with van der Waals surface area (Å²) >= 11 is 0. The largest absolute Gasteiger partial charge is 0.339 e. The number of benzene rings is 1. The van der Waals surface area contributed by atoms with Crippen molar-refractivity contribution in [2.45, 2.75) is 19.3 Å². The van der Waals surface area contributed by atoms with Crippen LogP contribution in [0.15, 0.2) is 30.3 Å². The Morgan fingerprint density at radius 2 is 1.52 bits per heavy atom. The van der Waals surface area contributed by atoms with E-state index in [0.717, 1.165) is 12.8 Å². The first kappa shape index (κ1) is 15.5. The fourth-order valence-electron chi connectivity index (χ4n) is 2.58. The van der Waals surface area contributed by atoms with Gasteiger partial charge < -0.3 is 15.5 Å². The summed E-state index contributed by atoms with van der Waals surface area (Å²) in [7, 11) is 0. The number of aryl methyl sites for hydroxylation is 1. The molecule has 0 atom stereocenters. The fraction of sp³-hybridized carbons (Fsp3) is 0.500. The van der Waals surface area contributed by atoms with Crippen LogP contribution < -0.4 is 5.73 Å². The number of nitrogens with two attached hydrogens (primary N) is 1. The Kier molecular flexibility index (Phi) is 5.75. The van der Waals surface area contributed by atoms with Gasteiger partial charge in [0, 0.05) is 32.6 Å². The minimum Gasteiger partial charge on any atom is -0.339 e. The van der Waals surface area contributed by atoms with E-state index in [0.29, 0.717) is 32.6 Å². The van der Waals surface area contributed by atoms with Crippen LogP contribution in [-0.4, -0.2) is 54.3 Å². The third kappa shape index (κ3) is 4.56. The van der Waals surface area contributed by atoms with E-state index < -0.39 is 0 Å². The molecule has 0 saturated carbocycles. The smallest absolute Gasteiger partial charge is 0.236 e. The zero-order valence-electron chi connectivity index (χ0n) is 12.3. The number of carbonyl (C=O) groups excluding carboxylic acids is 2. The highest BCUT2D eigenvalue weighted by atomic mass is 16.2. The summed E-state index contributed by atoms with van der Waals surface area (Å²) in [6.07, 6.45) is 2.36. The molecule has 0 radical (unpaired) electrons. The Labute approximate surface area is 125 Å². The number of carbonyl (C=O) groups is 2. The molecule has 5 heteroatoms. The van der Waals surface area contributed by atoms with Crippen LogP contribution >= 0.6 is 0 Å². The van der Waals surface area contributed by atoms with Crippen LogP contribution in [0.5, 0.6) is 0 Å². The SMILES string of the molecule is NCC(=O)N1CCN(C(=O)CCCc2ccccc2)CC1. The lowest BCUT2D eigenvalue weighted by atomic mass is 10.1. The van der Waals surface area contributed by atoms with Crippen molar-refractivity contribution in [3.63, 3.8) is 0 Å². The normalized spacial score (nSPS) is 15.1. The average Bonchev–Trinajstić information content (AvgIpc) is 2.55. The van der Waals surface area contributed by atoms with E-state index in [1.807, 2.05) is 23.1 Å². The van der Waals surface area contributed by atoms with Crippen molar-refractivity contribution in [1.29, 1.82) is 0 Å². The van der Waals surface area contributed by atoms with Crippen LogP contribution in [0.1, 0.15) is 18.4 Å². The van der Waals surface area contributed by atoms with Crippen molar-refractivity contribution in [3.8, 4) is 0 Å². The molecule has 1 aliphatic rings. The molecule has 1 saturated heterocycles. The van der Waals surface area contributed by atoms with Gasteiger partial charge in [-0.15, -0.1) is 0 Å². The number of rotatable bonds is 5. The van der Waals surface area contributed by atoms with Crippen LogP contribution in [0.25, 0.3) is 0 Å². The van der Waals surface area contributed by atoms with Crippen LogP contribution in [0.2, 0.25) is 0 Å². The molecular formula is C16H23N3O2. The van der Waals surface area contributed by atoms with E-state index in [2.05, 4.69) is 12.1 Å². The molecule has 0 spiro atoms. The summed E-state index contributed by atoms with van der Waals surface area (Å²) in [5, 5.41) is 0. The zero-order chi connectivity index (χ0) is 15.1. The molecule has 5 nitrogen and oxygen atoms in total. The second-order valence-corrected chi connectivity index (χ2v) is 5.30. The van der Waals surface area contributed by atoms with E-state index in [-0.39, 0.29) is 18.4 Å². The maximum Gasteiger partial charge on any atom is 0.236 e. The predicted octanol–water partition coefficient (Wildman–Crippen LogP) is 0.639. The first-order valence-electron chi connectivity index (χ1n) is 7.50. The number of piperazine rings is 1. The molecule has 21 heavy (non-hydrogen) atoms. The molecule has 1 aromatic rings. The molecule has 1 heterocycles. The summed E-state index contributed by atoms with van der Waals surface area (Å²) in [6, 6.07) is 10.2. The number of hydrogen-bond donors (Lipinski definition) is 1. The van der Waals surface area contributed by atoms with Crippen LogP contribution in [-0.2, 0) is 16.0 Å². The lowest BCUT2D eigenvalue weighted by Crippen LogP contribution is -2.51. The van der Waals surface area contributed by atoms with Crippen molar-refractivity contribution in [2.75, 3.05) is 32.7 Å². The molecule has 0 bridgehead atoms. The first-order valence-corrected chi connectivity index (χ1v) is 7.50. The third-order valence-corrected chi connectivity index (χ3v) is 3.86. The molecule has 0 aromatic heterocycles. The number of nitrogens with zero attached hydrogens (tertiary/aromatic N) is 2. The molecule has 2 N–H and O–H groups in total. The highest BCUT2D eigenvalue weighted by Crippen LogP contribution is 2.08. The van der Waals surface area contributed by atoms with Gasteiger partial charge in [0.15, 0.2) is 0 Å². The van der Waals surface area contributed by atoms with Gasteiger partial charge in [-0.2, -0.15) is 0 Å². The van der Waals surface area contributed by atoms with E-state index in [1.54, 1.807) is 4.90 Å². The third-order valence-electron chi connectivity index (χ3n) is 3.86. The summed E-state index contributed by atoms with van der Waals surface area (Å²) in [5.41, 5.74) is 6.61. The molecular weight excluding hydrogens is 266 g/mol. The highest BCUT2D eigenvalue weighted by molar-refractivity contribution is 5.79. The monoisotopic (exact) mass is 289 g/mol. The van der Waals surface area contributed by atoms with Gasteiger partial charge in [-0.3, -0.25) is 9.59 Å². The van der Waals surface area contributed by atoms with Gasteiger partial charge in [-0.05, 0) is 18.4 Å². The Morgan fingerprint density at radius 1 is 0.952 bits per heavy atom. The Balaban J connectivity index is 1.69. The van der Waals surface area contributed by atoms with Crippen molar-refractivity contribution < 1.29 is 9.59 Å². The van der Waals surface area contributed by atoms with Gasteiger partial charge in [0.2, 0.25) is 11.8 Å². The Hall–Kier alpha value is -1.88. The summed E-state index contributed by atoms with van der Waals surface area (Å²) < 4.78 is 0. The molecule has 1 fully saturated rings. The summed E-state index contributed by atoms with van der Waals surface area (Å²) in [5.74, 6) is 0.150. The standard InChI is InChI=1S/C16H23N3O2/c17-13-16(21)19-11-9-18(10-12-19)15(20)8-4-7-14-5-2-1-3-6-14/h1-3,5-6H,4,7-13,17H2. The van der Waals surface area contributed by atoms with Crippen LogP contribution in [0, 0.1) is 0 Å². The molecule has 1 aromatic carbocycles. The molecule has 1 aliphatic heterocycles. The minimum absolute atomic E-state index is 0.0359. The fourth-order valence-corrected chi connectivity index (χ4v) is 2.58. The lowest BCUT2D eigenvalue weighted by Gasteiger charge is -2.34. The van der Waals surface area contributed by atoms with Crippen molar-refractivity contribution in [2.24, 2.45) is 5.73 Å². The molecule has 2 amide bonds. The number of hydrogen-bond acceptors (Lipinski definition) is 3. The van der Waals surface area contributed by atoms with E-state index in [1.165, 1.54) is 5.56 Å². The zero-order valence-corrected chi connectivity index (χ0v) is 12.3. The summed E-state index contributed by atoms with van der Waals surface area (Å²) in [4.78, 5) is 27.2. The van der Waals surface area contributed by atoms with Gasteiger partial charge in [0.1, 0.15) is 0 Å². The quantitative estimate of drug-likeness (QED) is 0.865. The van der Waals surface area contributed by atoms with Gasteiger partial charge >= 0.3 is 0 Å². The van der Waals surface area contributed by atoms with Gasteiger partial charge in [-0.25, -0.2) is 0 Å². The lowest BCUT2D eigenvalue weighted by molar-refractivity contribution is -0.138. The average molecular weight is 289 g/mol. The van der Waals surface area contributed by atoms with E-state index in [4.69, 9.17) is 5.73 Å². The van der Waals surface area contributed by atoms with Crippen LogP contribution in [0.4, 0.5) is 0 Å². The second kappa shape index (κ2) is 7.78. The number of amides is 2. The topological polar surface area (TPSA) is 66.6 Å². The van der Waals surface area contributed by atoms with Gasteiger partial charge in [-0.1, -0.05) is 30.3 Å². The molecule has 0 aliphatic carbocycles. The molecule has 114 valence electrons. The van der Waals surface area contributed by atoms with Crippen molar-refractivity contribution >= 4 is 11.8 Å². The second-order valence-electron chi connectivity index (χ2n) is 5.30. The van der Waals surface area contributed by atoms with Gasteiger partial charge in [0.25, 0.3) is 0 Å².